The zero-order valence-electron chi connectivity index (χ0n) is 54.3. The van der Waals surface area contributed by atoms with Gasteiger partial charge in [-0.15, -0.1) is 22.7 Å². The Bertz CT molecular complexity index is 6510. The third-order valence-corrected chi connectivity index (χ3v) is 23.6. The smallest absolute Gasteiger partial charge is 0.164 e. The van der Waals surface area contributed by atoms with Gasteiger partial charge in [-0.1, -0.05) is 243 Å². The Balaban J connectivity index is 0.651. The van der Waals surface area contributed by atoms with Crippen LogP contribution in [0, 0.1) is 0 Å². The van der Waals surface area contributed by atoms with E-state index in [9.17, 15) is 0 Å². The molecule has 102 heavy (non-hydrogen) atoms. The highest BCUT2D eigenvalue weighted by Crippen LogP contribution is 2.66. The van der Waals surface area contributed by atoms with E-state index in [1.54, 1.807) is 0 Å². The average Bonchev–Trinajstić information content (AvgIpc) is 1.51. The van der Waals surface area contributed by atoms with Crippen molar-refractivity contribution >= 4 is 63.0 Å². The molecule has 0 bridgehead atoms. The van der Waals surface area contributed by atoms with Gasteiger partial charge in [0.25, 0.3) is 0 Å². The molecule has 4 aromatic heterocycles. The van der Waals surface area contributed by atoms with Crippen LogP contribution in [0.1, 0.15) is 44.5 Å². The number of benzene rings is 14. The van der Waals surface area contributed by atoms with E-state index in [4.69, 9.17) is 39.4 Å². The molecule has 0 unspecified atom stereocenters. The Kier molecular flexibility index (Phi) is 12.2. The molecule has 14 aromatic carbocycles. The summed E-state index contributed by atoms with van der Waals surface area (Å²) in [5.74, 6) is 6.93. The number of fused-ring (bicyclic) bond motifs is 26. The van der Waals surface area contributed by atoms with E-state index in [1.807, 2.05) is 59.1 Å². The third kappa shape index (κ3) is 8.18. The normalized spacial score (nSPS) is 13.6. The van der Waals surface area contributed by atoms with E-state index in [-0.39, 0.29) is 0 Å². The molecule has 0 N–H and O–H groups in total. The molecule has 22 rings (SSSR count). The Morgan fingerprint density at radius 1 is 0.216 bits per heavy atom. The molecule has 0 saturated heterocycles. The fraction of sp³-hybridized carbons (Fsp3) is 0.0217. The third-order valence-electron chi connectivity index (χ3n) is 21.3. The molecule has 0 amide bonds. The fourth-order valence-corrected chi connectivity index (χ4v) is 19.2. The van der Waals surface area contributed by atoms with Crippen LogP contribution in [0.5, 0.6) is 23.0 Å². The molecule has 8 nitrogen and oxygen atoms in total. The van der Waals surface area contributed by atoms with Gasteiger partial charge in [-0.2, -0.15) is 0 Å². The van der Waals surface area contributed by atoms with Gasteiger partial charge in [-0.3, -0.25) is 0 Å². The van der Waals surface area contributed by atoms with E-state index >= 15 is 0 Å². The van der Waals surface area contributed by atoms with Crippen LogP contribution in [-0.4, -0.2) is 29.9 Å². The largest absolute Gasteiger partial charge is 0.457 e. The van der Waals surface area contributed by atoms with Crippen molar-refractivity contribution in [2.24, 2.45) is 0 Å². The molecule has 10 heteroatoms. The number of para-hydroxylation sites is 4. The predicted molar refractivity (Wildman–Crippen MR) is 412 cm³/mol. The van der Waals surface area contributed by atoms with Crippen LogP contribution in [0.3, 0.4) is 0 Å². The van der Waals surface area contributed by atoms with Gasteiger partial charge in [0.05, 0.1) is 10.8 Å². The van der Waals surface area contributed by atoms with E-state index in [2.05, 4.69) is 279 Å². The zero-order valence-corrected chi connectivity index (χ0v) is 56.0. The lowest BCUT2D eigenvalue weighted by molar-refractivity contribution is 0.436. The second-order valence-corrected chi connectivity index (χ2v) is 28.8. The predicted octanol–water partition coefficient (Wildman–Crippen LogP) is 23.4. The maximum atomic E-state index is 6.81. The molecule has 0 fully saturated rings. The molecule has 4 aliphatic rings. The number of ether oxygens (including phenoxy) is 2. The standard InChI is InChI=1S/C92H52N6O2S2/c1-3-20-54(21-4-1)85-93-87(97-89(95-85)59-43-47-78-64(51-59)84-80(102-78)49-45-70-81(84)61-26-7-9-28-65(61)91(70)66-29-10-14-33-73(66)99-74-34-15-11-30-67(74)91)56-40-38-53(39-41-56)57-24-19-25-58(50-57)88-94-86(55-22-5-2-6-23-55)96-90(98-88)60-42-44-62-72(52-60)92(68-31-12-16-35-75(68)100-76-36-17-13-32-69(76)92)71-46-48-79-83(82(62)71)63-27-8-18-37-77(63)101-79/h1-52H. The number of hydrogen-bond donors (Lipinski definition) is 0. The first-order chi connectivity index (χ1) is 50.5. The minimum Gasteiger partial charge on any atom is -0.457 e. The summed E-state index contributed by atoms with van der Waals surface area (Å²) in [6.45, 7) is 0. The highest BCUT2D eigenvalue weighted by molar-refractivity contribution is 7.26. The van der Waals surface area contributed by atoms with Gasteiger partial charge in [0, 0.05) is 96.0 Å². The zero-order chi connectivity index (χ0) is 66.8. The van der Waals surface area contributed by atoms with Crippen LogP contribution in [-0.2, 0) is 10.8 Å². The van der Waals surface area contributed by atoms with Gasteiger partial charge in [0.1, 0.15) is 23.0 Å². The summed E-state index contributed by atoms with van der Waals surface area (Å²) in [6, 6.07) is 112. The lowest BCUT2D eigenvalue weighted by Gasteiger charge is -2.39. The van der Waals surface area contributed by atoms with Crippen LogP contribution in [0.15, 0.2) is 315 Å². The summed E-state index contributed by atoms with van der Waals surface area (Å²) in [6.07, 6.45) is 0. The minimum atomic E-state index is -0.717. The Morgan fingerprint density at radius 3 is 1.14 bits per heavy atom. The first-order valence-corrected chi connectivity index (χ1v) is 35.9. The van der Waals surface area contributed by atoms with E-state index < -0.39 is 10.8 Å². The highest BCUT2D eigenvalue weighted by Gasteiger charge is 2.53. The number of aromatic nitrogens is 6. The first-order valence-electron chi connectivity index (χ1n) is 34.3. The second-order valence-electron chi connectivity index (χ2n) is 26.6. The Labute approximate surface area is 593 Å². The molecule has 2 aliphatic carbocycles. The van der Waals surface area contributed by atoms with Crippen molar-refractivity contribution in [2.75, 3.05) is 0 Å². The van der Waals surface area contributed by atoms with Gasteiger partial charge >= 0.3 is 0 Å². The van der Waals surface area contributed by atoms with Crippen molar-refractivity contribution in [2.45, 2.75) is 10.8 Å². The average molecular weight is 1340 g/mol. The van der Waals surface area contributed by atoms with Crippen LogP contribution < -0.4 is 9.47 Å². The topological polar surface area (TPSA) is 95.8 Å². The van der Waals surface area contributed by atoms with Gasteiger partial charge < -0.3 is 9.47 Å². The molecule has 2 spiro atoms. The summed E-state index contributed by atoms with van der Waals surface area (Å²) < 4.78 is 18.4. The molecule has 0 atom stereocenters. The summed E-state index contributed by atoms with van der Waals surface area (Å²) in [4.78, 5) is 31.9. The lowest BCUT2D eigenvalue weighted by atomic mass is 9.66. The van der Waals surface area contributed by atoms with Crippen LogP contribution in [0.4, 0.5) is 0 Å². The maximum Gasteiger partial charge on any atom is 0.164 e. The quantitative estimate of drug-likeness (QED) is 0.156. The summed E-state index contributed by atoms with van der Waals surface area (Å²) in [7, 11) is 0. The molecule has 6 heterocycles. The van der Waals surface area contributed by atoms with Crippen molar-refractivity contribution in [3.05, 3.63) is 360 Å². The maximum absolute atomic E-state index is 6.81. The molecule has 18 aromatic rings. The van der Waals surface area contributed by atoms with Gasteiger partial charge in [0.2, 0.25) is 0 Å². The fourth-order valence-electron chi connectivity index (χ4n) is 17.0. The molecular formula is C92H52N6O2S2. The van der Waals surface area contributed by atoms with Crippen LogP contribution in [0.2, 0.25) is 0 Å². The summed E-state index contributed by atoms with van der Waals surface area (Å²) in [5, 5.41) is 4.92. The molecule has 0 radical (unpaired) electrons. The van der Waals surface area contributed by atoms with Crippen molar-refractivity contribution in [3.8, 4) is 125 Å². The molecule has 2 aliphatic heterocycles. The SMILES string of the molecule is c1ccc(-c2nc(-c3cccc(-c4ccc(-c5nc(-c6ccccc6)nc(-c6ccc7sc8ccc9c(c8c7c6)-c6ccccc6C96c7ccccc7Oc7ccccc76)n5)cc4)c3)nc(-c3ccc4c(c3)C3(c5ccccc5Oc5ccccc53)c3ccc5sc6ccccc6c5c3-4)n2)cc1. The molecular weight excluding hydrogens is 1290 g/mol. The van der Waals surface area contributed by atoms with Crippen molar-refractivity contribution in [3.63, 3.8) is 0 Å². The van der Waals surface area contributed by atoms with Crippen molar-refractivity contribution in [1.82, 2.24) is 29.9 Å². The highest BCUT2D eigenvalue weighted by atomic mass is 32.1. The minimum absolute atomic E-state index is 0.567. The number of thiophene rings is 2. The Hall–Kier alpha value is -12.9. The van der Waals surface area contributed by atoms with E-state index in [1.165, 1.54) is 73.9 Å². The van der Waals surface area contributed by atoms with Crippen molar-refractivity contribution < 1.29 is 9.47 Å². The van der Waals surface area contributed by atoms with Crippen LogP contribution in [0.25, 0.3) is 142 Å². The number of hydrogen-bond acceptors (Lipinski definition) is 10. The van der Waals surface area contributed by atoms with Gasteiger partial charge in [0.15, 0.2) is 34.9 Å². The van der Waals surface area contributed by atoms with Gasteiger partial charge in [-0.25, -0.2) is 29.9 Å². The van der Waals surface area contributed by atoms with Gasteiger partial charge in [-0.05, 0) is 128 Å². The van der Waals surface area contributed by atoms with E-state index in [0.717, 1.165) is 101 Å². The first kappa shape index (κ1) is 57.1. The Morgan fingerprint density at radius 2 is 0.578 bits per heavy atom. The summed E-state index contributed by atoms with van der Waals surface area (Å²) in [5.41, 5.74) is 20.3. The van der Waals surface area contributed by atoms with Crippen LogP contribution >= 0.6 is 22.7 Å². The lowest BCUT2D eigenvalue weighted by Crippen LogP contribution is -2.32. The molecule has 0 saturated carbocycles. The number of nitrogens with zero attached hydrogens (tertiary/aromatic N) is 6. The summed E-state index contributed by atoms with van der Waals surface area (Å²) >= 11 is 3.67. The second kappa shape index (κ2) is 21.8. The van der Waals surface area contributed by atoms with E-state index in [0.29, 0.717) is 34.9 Å². The molecule has 474 valence electrons. The number of rotatable bonds is 7. The van der Waals surface area contributed by atoms with Crippen molar-refractivity contribution in [1.29, 1.82) is 0 Å². The monoisotopic (exact) mass is 1340 g/mol.